The van der Waals surface area contributed by atoms with E-state index >= 15 is 0 Å². The molecule has 2 aliphatic heterocycles. The molecule has 4 nitrogen and oxygen atoms in total. The molecular weight excluding hydrogens is 214 g/mol. The molecule has 0 radical (unpaired) electrons. The van der Waals surface area contributed by atoms with Crippen LogP contribution >= 0.6 is 0 Å². The predicted molar refractivity (Wildman–Crippen MR) is 70.4 cm³/mol. The van der Waals surface area contributed by atoms with Gasteiger partial charge < -0.3 is 15.0 Å². The topological polar surface area (TPSA) is 27.7 Å². The smallest absolute Gasteiger partial charge is 0.0702 e. The number of nitrogens with one attached hydrogen (secondary N) is 1. The van der Waals surface area contributed by atoms with Gasteiger partial charge in [0.15, 0.2) is 0 Å². The fourth-order valence-electron chi connectivity index (χ4n) is 2.95. The molecule has 0 bridgehead atoms. The summed E-state index contributed by atoms with van der Waals surface area (Å²) < 4.78 is 5.75. The maximum absolute atomic E-state index is 5.75. The molecule has 0 amide bonds. The van der Waals surface area contributed by atoms with E-state index in [0.29, 0.717) is 12.1 Å². The molecule has 0 aromatic rings. The van der Waals surface area contributed by atoms with Crippen LogP contribution in [0.1, 0.15) is 19.3 Å². The van der Waals surface area contributed by atoms with Gasteiger partial charge in [0.2, 0.25) is 0 Å². The predicted octanol–water partition coefficient (Wildman–Crippen LogP) is 0.391. The highest BCUT2D eigenvalue weighted by Crippen LogP contribution is 2.15. The molecule has 2 fully saturated rings. The van der Waals surface area contributed by atoms with E-state index in [1.54, 1.807) is 0 Å². The molecule has 2 saturated heterocycles. The van der Waals surface area contributed by atoms with E-state index < -0.39 is 0 Å². The summed E-state index contributed by atoms with van der Waals surface area (Å²) in [5.41, 5.74) is 0. The summed E-state index contributed by atoms with van der Waals surface area (Å²) >= 11 is 0. The Labute approximate surface area is 105 Å². The zero-order chi connectivity index (χ0) is 12.1. The zero-order valence-electron chi connectivity index (χ0n) is 11.3. The van der Waals surface area contributed by atoms with Crippen molar-refractivity contribution in [2.45, 2.75) is 31.4 Å². The number of ether oxygens (including phenoxy) is 1. The standard InChI is InChI=1S/C13H27N3O/c1-14-9-12-10-16(7-4-6-15(12)2)11-13-5-3-8-17-13/h12-14H,3-11H2,1-2H3. The van der Waals surface area contributed by atoms with Crippen molar-refractivity contribution in [1.82, 2.24) is 15.1 Å². The van der Waals surface area contributed by atoms with Crippen LogP contribution in [0.3, 0.4) is 0 Å². The molecule has 1 N–H and O–H groups in total. The largest absolute Gasteiger partial charge is 0.377 e. The van der Waals surface area contributed by atoms with Crippen molar-refractivity contribution in [2.75, 3.05) is 53.4 Å². The molecule has 0 spiro atoms. The van der Waals surface area contributed by atoms with E-state index in [2.05, 4.69) is 22.2 Å². The van der Waals surface area contributed by atoms with Crippen LogP contribution in [0, 0.1) is 0 Å². The molecule has 2 rings (SSSR count). The fraction of sp³-hybridized carbons (Fsp3) is 1.00. The highest BCUT2D eigenvalue weighted by molar-refractivity contribution is 4.81. The summed E-state index contributed by atoms with van der Waals surface area (Å²) in [7, 11) is 4.29. The van der Waals surface area contributed by atoms with Crippen molar-refractivity contribution in [3.05, 3.63) is 0 Å². The van der Waals surface area contributed by atoms with Gasteiger partial charge in [-0.05, 0) is 46.4 Å². The monoisotopic (exact) mass is 241 g/mol. The van der Waals surface area contributed by atoms with Crippen molar-refractivity contribution in [1.29, 1.82) is 0 Å². The van der Waals surface area contributed by atoms with Gasteiger partial charge in [0, 0.05) is 32.3 Å². The maximum atomic E-state index is 5.75. The van der Waals surface area contributed by atoms with Crippen LogP contribution in [0.5, 0.6) is 0 Å². The van der Waals surface area contributed by atoms with E-state index in [1.165, 1.54) is 38.9 Å². The normalized spacial score (nSPS) is 32.8. The van der Waals surface area contributed by atoms with Crippen LogP contribution in [0.25, 0.3) is 0 Å². The Balaban J connectivity index is 1.83. The lowest BCUT2D eigenvalue weighted by Gasteiger charge is -2.29. The molecule has 2 unspecified atom stereocenters. The Morgan fingerprint density at radius 1 is 1.29 bits per heavy atom. The molecule has 17 heavy (non-hydrogen) atoms. The fourth-order valence-corrected chi connectivity index (χ4v) is 2.95. The molecule has 0 aliphatic carbocycles. The van der Waals surface area contributed by atoms with E-state index in [4.69, 9.17) is 4.74 Å². The van der Waals surface area contributed by atoms with Gasteiger partial charge >= 0.3 is 0 Å². The highest BCUT2D eigenvalue weighted by atomic mass is 16.5. The van der Waals surface area contributed by atoms with Gasteiger partial charge in [0.1, 0.15) is 0 Å². The van der Waals surface area contributed by atoms with E-state index in [-0.39, 0.29) is 0 Å². The van der Waals surface area contributed by atoms with Gasteiger partial charge in [-0.3, -0.25) is 4.90 Å². The molecule has 0 aromatic carbocycles. The van der Waals surface area contributed by atoms with Crippen molar-refractivity contribution in [2.24, 2.45) is 0 Å². The van der Waals surface area contributed by atoms with Gasteiger partial charge in [0.25, 0.3) is 0 Å². The second-order valence-corrected chi connectivity index (χ2v) is 5.44. The molecule has 4 heteroatoms. The first-order chi connectivity index (χ1) is 8.29. The average Bonchev–Trinajstić information content (AvgIpc) is 2.74. The highest BCUT2D eigenvalue weighted by Gasteiger charge is 2.25. The first-order valence-electron chi connectivity index (χ1n) is 6.98. The van der Waals surface area contributed by atoms with Crippen molar-refractivity contribution in [3.8, 4) is 0 Å². The molecule has 2 aliphatic rings. The second-order valence-electron chi connectivity index (χ2n) is 5.44. The molecule has 2 heterocycles. The third-order valence-corrected chi connectivity index (χ3v) is 4.00. The van der Waals surface area contributed by atoms with Gasteiger partial charge in [0.05, 0.1) is 6.10 Å². The number of rotatable bonds is 4. The van der Waals surface area contributed by atoms with Crippen LogP contribution in [-0.4, -0.2) is 75.4 Å². The summed E-state index contributed by atoms with van der Waals surface area (Å²) in [4.78, 5) is 5.09. The summed E-state index contributed by atoms with van der Waals surface area (Å²) in [6.07, 6.45) is 4.28. The van der Waals surface area contributed by atoms with Crippen LogP contribution in [0.2, 0.25) is 0 Å². The second kappa shape index (κ2) is 6.69. The van der Waals surface area contributed by atoms with Crippen molar-refractivity contribution in [3.63, 3.8) is 0 Å². The average molecular weight is 241 g/mol. The first kappa shape index (κ1) is 13.3. The molecular formula is C13H27N3O. The Kier molecular flexibility index (Phi) is 5.22. The van der Waals surface area contributed by atoms with E-state index in [9.17, 15) is 0 Å². The third-order valence-electron chi connectivity index (χ3n) is 4.00. The summed E-state index contributed by atoms with van der Waals surface area (Å²) in [6.45, 7) is 6.81. The minimum atomic E-state index is 0.494. The zero-order valence-corrected chi connectivity index (χ0v) is 11.3. The van der Waals surface area contributed by atoms with Crippen LogP contribution in [-0.2, 0) is 4.74 Å². The number of likely N-dealkylation sites (N-methyl/N-ethyl adjacent to an activating group) is 2. The van der Waals surface area contributed by atoms with Crippen LogP contribution < -0.4 is 5.32 Å². The minimum Gasteiger partial charge on any atom is -0.377 e. The SMILES string of the molecule is CNCC1CN(CC2CCCO2)CCCN1C. The lowest BCUT2D eigenvalue weighted by molar-refractivity contribution is 0.0698. The summed E-state index contributed by atoms with van der Waals surface area (Å²) in [6, 6.07) is 0.643. The van der Waals surface area contributed by atoms with E-state index in [0.717, 1.165) is 19.7 Å². The maximum Gasteiger partial charge on any atom is 0.0702 e. The number of hydrogen-bond donors (Lipinski definition) is 1. The van der Waals surface area contributed by atoms with Crippen LogP contribution in [0.4, 0.5) is 0 Å². The Morgan fingerprint density at radius 2 is 2.18 bits per heavy atom. The van der Waals surface area contributed by atoms with E-state index in [1.807, 2.05) is 7.05 Å². The van der Waals surface area contributed by atoms with Crippen molar-refractivity contribution < 1.29 is 4.74 Å². The van der Waals surface area contributed by atoms with Gasteiger partial charge in [-0.15, -0.1) is 0 Å². The molecule has 0 saturated carbocycles. The Hall–Kier alpha value is -0.160. The Morgan fingerprint density at radius 3 is 2.88 bits per heavy atom. The molecule has 0 aromatic heterocycles. The lowest BCUT2D eigenvalue weighted by Crippen LogP contribution is -2.46. The molecule has 100 valence electrons. The lowest BCUT2D eigenvalue weighted by atomic mass is 10.2. The quantitative estimate of drug-likeness (QED) is 0.771. The summed E-state index contributed by atoms with van der Waals surface area (Å²) in [5.74, 6) is 0. The summed E-state index contributed by atoms with van der Waals surface area (Å²) in [5, 5.41) is 3.31. The minimum absolute atomic E-state index is 0.494. The number of hydrogen-bond acceptors (Lipinski definition) is 4. The Bertz CT molecular complexity index is 219. The van der Waals surface area contributed by atoms with Crippen molar-refractivity contribution >= 4 is 0 Å². The third kappa shape index (κ3) is 3.91. The van der Waals surface area contributed by atoms with Crippen LogP contribution in [0.15, 0.2) is 0 Å². The number of nitrogens with zero attached hydrogens (tertiary/aromatic N) is 2. The molecule has 2 atom stereocenters. The van der Waals surface area contributed by atoms with Gasteiger partial charge in [-0.1, -0.05) is 0 Å². The first-order valence-corrected chi connectivity index (χ1v) is 6.98. The van der Waals surface area contributed by atoms with Gasteiger partial charge in [-0.2, -0.15) is 0 Å². The van der Waals surface area contributed by atoms with Gasteiger partial charge in [-0.25, -0.2) is 0 Å².